The fourth-order valence-corrected chi connectivity index (χ4v) is 5.19. The SMILES string of the molecule is CC1CCCN1c1nc(-c2ccc(Cl)c(F)c2)cc(N2CCN(c3ncccc3Cl)C[C@H]2C)n1. The van der Waals surface area contributed by atoms with Gasteiger partial charge in [-0.05, 0) is 51.0 Å². The Hall–Kier alpha value is -2.64. The zero-order valence-electron chi connectivity index (χ0n) is 19.3. The number of hydrogen-bond acceptors (Lipinski definition) is 6. The summed E-state index contributed by atoms with van der Waals surface area (Å²) in [4.78, 5) is 21.0. The Balaban J connectivity index is 1.49. The first kappa shape index (κ1) is 23.1. The molecular formula is C25H27Cl2FN6. The second kappa shape index (κ2) is 9.55. The van der Waals surface area contributed by atoms with Crippen molar-refractivity contribution in [2.45, 2.75) is 38.8 Å². The molecule has 9 heteroatoms. The number of halogens is 3. The smallest absolute Gasteiger partial charge is 0.228 e. The summed E-state index contributed by atoms with van der Waals surface area (Å²) in [6.07, 6.45) is 3.99. The second-order valence-electron chi connectivity index (χ2n) is 9.02. The lowest BCUT2D eigenvalue weighted by molar-refractivity contribution is 0.542. The molecule has 0 N–H and O–H groups in total. The Bertz CT molecular complexity index is 1190. The van der Waals surface area contributed by atoms with Gasteiger partial charge in [-0.3, -0.25) is 0 Å². The van der Waals surface area contributed by atoms with Crippen LogP contribution in [0.25, 0.3) is 11.3 Å². The van der Waals surface area contributed by atoms with Crippen LogP contribution in [0.1, 0.15) is 26.7 Å². The van der Waals surface area contributed by atoms with Crippen molar-refractivity contribution in [3.8, 4) is 11.3 Å². The number of nitrogens with zero attached hydrogens (tertiary/aromatic N) is 6. The zero-order chi connectivity index (χ0) is 23.8. The fourth-order valence-electron chi connectivity index (χ4n) is 4.83. The molecule has 2 fully saturated rings. The molecule has 4 heterocycles. The quantitative estimate of drug-likeness (QED) is 0.458. The Kier molecular flexibility index (Phi) is 6.49. The summed E-state index contributed by atoms with van der Waals surface area (Å²) in [5.74, 6) is 1.89. The molecule has 2 atom stereocenters. The number of rotatable bonds is 4. The third kappa shape index (κ3) is 4.51. The topological polar surface area (TPSA) is 48.4 Å². The van der Waals surface area contributed by atoms with E-state index in [1.54, 1.807) is 18.3 Å². The normalized spacial score (nSPS) is 20.8. The highest BCUT2D eigenvalue weighted by molar-refractivity contribution is 6.33. The fraction of sp³-hybridized carbons (Fsp3) is 0.400. The van der Waals surface area contributed by atoms with E-state index in [1.807, 2.05) is 18.2 Å². The van der Waals surface area contributed by atoms with E-state index in [0.29, 0.717) is 28.3 Å². The van der Waals surface area contributed by atoms with Gasteiger partial charge in [0.2, 0.25) is 5.95 Å². The summed E-state index contributed by atoms with van der Waals surface area (Å²) in [5.41, 5.74) is 1.38. The molecule has 5 rings (SSSR count). The molecule has 0 radical (unpaired) electrons. The predicted octanol–water partition coefficient (Wildman–Crippen LogP) is 5.69. The van der Waals surface area contributed by atoms with Gasteiger partial charge in [-0.25, -0.2) is 14.4 Å². The number of piperazine rings is 1. The lowest BCUT2D eigenvalue weighted by Gasteiger charge is -2.41. The summed E-state index contributed by atoms with van der Waals surface area (Å²) >= 11 is 12.3. The molecular weight excluding hydrogens is 474 g/mol. The Morgan fingerprint density at radius 2 is 1.79 bits per heavy atom. The second-order valence-corrected chi connectivity index (χ2v) is 9.84. The van der Waals surface area contributed by atoms with Crippen molar-refractivity contribution in [1.82, 2.24) is 15.0 Å². The third-order valence-electron chi connectivity index (χ3n) is 6.69. The number of anilines is 3. The largest absolute Gasteiger partial charge is 0.352 e. The van der Waals surface area contributed by atoms with Gasteiger partial charge in [0.05, 0.1) is 15.7 Å². The van der Waals surface area contributed by atoms with Crippen LogP contribution in [0.4, 0.5) is 22.0 Å². The minimum absolute atomic E-state index is 0.101. The maximum Gasteiger partial charge on any atom is 0.228 e. The van der Waals surface area contributed by atoms with Crippen LogP contribution in [0.2, 0.25) is 10.0 Å². The number of benzene rings is 1. The molecule has 1 unspecified atom stereocenters. The highest BCUT2D eigenvalue weighted by Crippen LogP contribution is 2.32. The molecule has 0 amide bonds. The molecule has 0 bridgehead atoms. The monoisotopic (exact) mass is 500 g/mol. The van der Waals surface area contributed by atoms with Gasteiger partial charge < -0.3 is 14.7 Å². The van der Waals surface area contributed by atoms with Gasteiger partial charge in [-0.1, -0.05) is 29.3 Å². The van der Waals surface area contributed by atoms with Gasteiger partial charge in [-0.2, -0.15) is 4.98 Å². The molecule has 0 saturated carbocycles. The third-order valence-corrected chi connectivity index (χ3v) is 7.29. The summed E-state index contributed by atoms with van der Waals surface area (Å²) in [7, 11) is 0. The van der Waals surface area contributed by atoms with Crippen molar-refractivity contribution in [1.29, 1.82) is 0 Å². The molecule has 2 saturated heterocycles. The van der Waals surface area contributed by atoms with E-state index in [0.717, 1.165) is 50.7 Å². The van der Waals surface area contributed by atoms with Crippen LogP contribution in [0, 0.1) is 5.82 Å². The molecule has 0 spiro atoms. The van der Waals surface area contributed by atoms with Crippen molar-refractivity contribution in [2.24, 2.45) is 0 Å². The van der Waals surface area contributed by atoms with Crippen molar-refractivity contribution in [3.05, 3.63) is 58.5 Å². The average Bonchev–Trinajstić information content (AvgIpc) is 3.26. The van der Waals surface area contributed by atoms with Crippen LogP contribution in [0.15, 0.2) is 42.6 Å². The van der Waals surface area contributed by atoms with Gasteiger partial charge in [0.25, 0.3) is 0 Å². The Morgan fingerprint density at radius 1 is 0.941 bits per heavy atom. The van der Waals surface area contributed by atoms with E-state index in [4.69, 9.17) is 33.2 Å². The van der Waals surface area contributed by atoms with Crippen LogP contribution < -0.4 is 14.7 Å². The number of aromatic nitrogens is 3. The molecule has 1 aromatic carbocycles. The van der Waals surface area contributed by atoms with Crippen molar-refractivity contribution < 1.29 is 4.39 Å². The van der Waals surface area contributed by atoms with Gasteiger partial charge in [0.15, 0.2) is 0 Å². The maximum absolute atomic E-state index is 14.3. The Morgan fingerprint density at radius 3 is 2.50 bits per heavy atom. The maximum atomic E-state index is 14.3. The zero-order valence-corrected chi connectivity index (χ0v) is 20.8. The van der Waals surface area contributed by atoms with E-state index in [1.165, 1.54) is 6.07 Å². The first-order valence-electron chi connectivity index (χ1n) is 11.6. The molecule has 178 valence electrons. The lowest BCUT2D eigenvalue weighted by Crippen LogP contribution is -2.52. The summed E-state index contributed by atoms with van der Waals surface area (Å²) in [6, 6.07) is 11.0. The van der Waals surface area contributed by atoms with Crippen LogP contribution in [0.5, 0.6) is 0 Å². The lowest BCUT2D eigenvalue weighted by atomic mass is 10.1. The first-order chi connectivity index (χ1) is 16.4. The molecule has 2 aliphatic heterocycles. The van der Waals surface area contributed by atoms with Crippen molar-refractivity contribution in [2.75, 3.05) is 40.9 Å². The summed E-state index contributed by atoms with van der Waals surface area (Å²) in [5, 5.41) is 0.756. The van der Waals surface area contributed by atoms with E-state index < -0.39 is 5.82 Å². The minimum Gasteiger partial charge on any atom is -0.352 e. The van der Waals surface area contributed by atoms with Crippen molar-refractivity contribution in [3.63, 3.8) is 0 Å². The molecule has 3 aromatic rings. The molecule has 2 aromatic heterocycles. The number of pyridine rings is 1. The molecule has 0 aliphatic carbocycles. The van der Waals surface area contributed by atoms with Crippen molar-refractivity contribution >= 4 is 40.8 Å². The first-order valence-corrected chi connectivity index (χ1v) is 12.4. The molecule has 2 aliphatic rings. The van der Waals surface area contributed by atoms with E-state index in [2.05, 4.69) is 33.5 Å². The van der Waals surface area contributed by atoms with Gasteiger partial charge in [0.1, 0.15) is 17.5 Å². The van der Waals surface area contributed by atoms with E-state index in [-0.39, 0.29) is 11.1 Å². The summed E-state index contributed by atoms with van der Waals surface area (Å²) < 4.78 is 14.3. The summed E-state index contributed by atoms with van der Waals surface area (Å²) in [6.45, 7) is 7.58. The standard InChI is InChI=1S/C25H27Cl2FN6/c1-16-5-4-10-34(16)25-30-22(18-7-8-19(26)21(28)13-18)14-23(31-25)33-12-11-32(15-17(33)2)24-20(27)6-3-9-29-24/h3,6-9,13-14,16-17H,4-5,10-12,15H2,1-2H3/t16?,17-/m1/s1. The van der Waals surface area contributed by atoms with E-state index in [9.17, 15) is 4.39 Å². The van der Waals surface area contributed by atoms with Crippen LogP contribution in [-0.4, -0.2) is 53.2 Å². The highest BCUT2D eigenvalue weighted by atomic mass is 35.5. The Labute approximate surface area is 209 Å². The predicted molar refractivity (Wildman–Crippen MR) is 137 cm³/mol. The van der Waals surface area contributed by atoms with E-state index >= 15 is 0 Å². The number of hydrogen-bond donors (Lipinski definition) is 0. The van der Waals surface area contributed by atoms with Crippen LogP contribution in [0.3, 0.4) is 0 Å². The van der Waals surface area contributed by atoms with Crippen LogP contribution in [-0.2, 0) is 0 Å². The van der Waals surface area contributed by atoms with Gasteiger partial charge in [-0.15, -0.1) is 0 Å². The molecule has 34 heavy (non-hydrogen) atoms. The highest BCUT2D eigenvalue weighted by Gasteiger charge is 2.29. The van der Waals surface area contributed by atoms with Gasteiger partial charge in [0, 0.05) is 56.1 Å². The average molecular weight is 501 g/mol. The van der Waals surface area contributed by atoms with Gasteiger partial charge >= 0.3 is 0 Å². The molecule has 6 nitrogen and oxygen atoms in total. The minimum atomic E-state index is -0.454. The van der Waals surface area contributed by atoms with Crippen LogP contribution >= 0.6 is 23.2 Å².